The predicted octanol–water partition coefficient (Wildman–Crippen LogP) is 2.91. The van der Waals surface area contributed by atoms with Gasteiger partial charge in [0, 0.05) is 30.2 Å². The van der Waals surface area contributed by atoms with Crippen LogP contribution in [0.4, 0.5) is 5.82 Å². The van der Waals surface area contributed by atoms with Crippen molar-refractivity contribution in [1.82, 2.24) is 9.88 Å². The van der Waals surface area contributed by atoms with Crippen LogP contribution in [0.25, 0.3) is 10.8 Å². The summed E-state index contributed by atoms with van der Waals surface area (Å²) in [6, 6.07) is 12.0. The first kappa shape index (κ1) is 12.2. The van der Waals surface area contributed by atoms with Gasteiger partial charge in [0.15, 0.2) is 0 Å². The second-order valence-electron chi connectivity index (χ2n) is 6.20. The highest BCUT2D eigenvalue weighted by Gasteiger charge is 2.37. The average molecular weight is 267 g/mol. The standard InChI is InChI=1S/C17H21N3/c1-19-11-9-14-6-7-15(12-19)20(14)17-16-5-3-2-4-13(16)8-10-18-17/h2-5,8,10,14-15H,6-7,9,11-12H2,1H3/t14-,15+/m1/s1. The van der Waals surface area contributed by atoms with E-state index in [1.54, 1.807) is 0 Å². The van der Waals surface area contributed by atoms with E-state index in [-0.39, 0.29) is 0 Å². The number of likely N-dealkylation sites (N-methyl/N-ethyl adjacent to an activating group) is 1. The zero-order valence-electron chi connectivity index (χ0n) is 12.0. The molecule has 0 saturated carbocycles. The van der Waals surface area contributed by atoms with Gasteiger partial charge in [0.2, 0.25) is 0 Å². The normalized spacial score (nSPS) is 26.9. The second-order valence-corrected chi connectivity index (χ2v) is 6.20. The zero-order chi connectivity index (χ0) is 13.5. The maximum atomic E-state index is 4.75. The number of anilines is 1. The minimum atomic E-state index is 0.630. The van der Waals surface area contributed by atoms with Gasteiger partial charge < -0.3 is 9.80 Å². The Morgan fingerprint density at radius 2 is 1.90 bits per heavy atom. The van der Waals surface area contributed by atoms with Crippen LogP contribution in [0.5, 0.6) is 0 Å². The van der Waals surface area contributed by atoms with Crippen molar-refractivity contribution < 1.29 is 0 Å². The van der Waals surface area contributed by atoms with Crippen LogP contribution in [-0.4, -0.2) is 42.1 Å². The SMILES string of the molecule is CN1CC[C@H]2CC[C@@H](C1)N2c1nccc2ccccc12. The number of aromatic nitrogens is 1. The molecule has 1 aromatic heterocycles. The van der Waals surface area contributed by atoms with E-state index >= 15 is 0 Å². The van der Waals surface area contributed by atoms with E-state index in [1.807, 2.05) is 6.20 Å². The molecule has 0 aliphatic carbocycles. The molecule has 4 rings (SSSR count). The third kappa shape index (κ3) is 1.88. The van der Waals surface area contributed by atoms with E-state index in [4.69, 9.17) is 4.98 Å². The Labute approximate surface area is 120 Å². The maximum absolute atomic E-state index is 4.75. The Morgan fingerprint density at radius 1 is 1.05 bits per heavy atom. The molecule has 2 aromatic rings. The van der Waals surface area contributed by atoms with E-state index in [2.05, 4.69) is 47.2 Å². The van der Waals surface area contributed by atoms with Gasteiger partial charge in [0.05, 0.1) is 0 Å². The molecule has 0 spiro atoms. The van der Waals surface area contributed by atoms with Crippen LogP contribution in [0.3, 0.4) is 0 Å². The highest BCUT2D eigenvalue weighted by molar-refractivity contribution is 5.92. The van der Waals surface area contributed by atoms with E-state index < -0.39 is 0 Å². The summed E-state index contributed by atoms with van der Waals surface area (Å²) in [4.78, 5) is 9.84. The molecule has 2 bridgehead atoms. The van der Waals surface area contributed by atoms with E-state index in [0.29, 0.717) is 12.1 Å². The first-order valence-corrected chi connectivity index (χ1v) is 7.63. The molecule has 2 aliphatic rings. The Bertz CT molecular complexity index is 619. The van der Waals surface area contributed by atoms with Gasteiger partial charge in [0.25, 0.3) is 0 Å². The first-order chi connectivity index (χ1) is 9.83. The van der Waals surface area contributed by atoms with E-state index in [1.165, 1.54) is 48.9 Å². The monoisotopic (exact) mass is 267 g/mol. The van der Waals surface area contributed by atoms with Gasteiger partial charge >= 0.3 is 0 Å². The Balaban J connectivity index is 1.82. The molecule has 2 aliphatic heterocycles. The van der Waals surface area contributed by atoms with Gasteiger partial charge in [-0.25, -0.2) is 4.98 Å². The summed E-state index contributed by atoms with van der Waals surface area (Å²) in [5.74, 6) is 1.20. The summed E-state index contributed by atoms with van der Waals surface area (Å²) < 4.78 is 0. The van der Waals surface area contributed by atoms with Crippen molar-refractivity contribution in [3.05, 3.63) is 36.5 Å². The number of benzene rings is 1. The zero-order valence-corrected chi connectivity index (χ0v) is 12.0. The summed E-state index contributed by atoms with van der Waals surface area (Å²) in [6.07, 6.45) is 5.85. The van der Waals surface area contributed by atoms with Crippen molar-refractivity contribution in [3.8, 4) is 0 Å². The lowest BCUT2D eigenvalue weighted by atomic mass is 10.1. The fourth-order valence-electron chi connectivity index (χ4n) is 3.90. The van der Waals surface area contributed by atoms with Gasteiger partial charge in [-0.05, 0) is 44.3 Å². The van der Waals surface area contributed by atoms with Gasteiger partial charge in [-0.2, -0.15) is 0 Å². The van der Waals surface area contributed by atoms with Crippen molar-refractivity contribution in [2.75, 3.05) is 25.0 Å². The molecular weight excluding hydrogens is 246 g/mol. The Kier molecular flexibility index (Phi) is 2.88. The molecule has 2 fully saturated rings. The molecule has 0 unspecified atom stereocenters. The molecule has 3 heteroatoms. The second kappa shape index (κ2) is 4.74. The third-order valence-electron chi connectivity index (χ3n) is 4.88. The fourth-order valence-corrected chi connectivity index (χ4v) is 3.90. The van der Waals surface area contributed by atoms with Crippen molar-refractivity contribution >= 4 is 16.6 Å². The Morgan fingerprint density at radius 3 is 2.85 bits per heavy atom. The van der Waals surface area contributed by atoms with Crippen LogP contribution in [0.1, 0.15) is 19.3 Å². The molecule has 104 valence electrons. The molecular formula is C17H21N3. The summed E-state index contributed by atoms with van der Waals surface area (Å²) in [6.45, 7) is 2.38. The van der Waals surface area contributed by atoms with Crippen LogP contribution in [0, 0.1) is 0 Å². The lowest BCUT2D eigenvalue weighted by Gasteiger charge is -2.30. The molecule has 2 saturated heterocycles. The topological polar surface area (TPSA) is 19.4 Å². The number of fused-ring (bicyclic) bond motifs is 3. The van der Waals surface area contributed by atoms with Crippen LogP contribution in [0.15, 0.2) is 36.5 Å². The smallest absolute Gasteiger partial charge is 0.136 e. The molecule has 0 amide bonds. The highest BCUT2D eigenvalue weighted by Crippen LogP contribution is 2.36. The van der Waals surface area contributed by atoms with Gasteiger partial charge in [-0.15, -0.1) is 0 Å². The van der Waals surface area contributed by atoms with Crippen LogP contribution in [-0.2, 0) is 0 Å². The number of hydrogen-bond donors (Lipinski definition) is 0. The predicted molar refractivity (Wildman–Crippen MR) is 83.1 cm³/mol. The number of hydrogen-bond acceptors (Lipinski definition) is 3. The van der Waals surface area contributed by atoms with Gasteiger partial charge in [0.1, 0.15) is 5.82 Å². The van der Waals surface area contributed by atoms with E-state index in [9.17, 15) is 0 Å². The van der Waals surface area contributed by atoms with Crippen molar-refractivity contribution in [2.45, 2.75) is 31.3 Å². The summed E-state index contributed by atoms with van der Waals surface area (Å²) in [7, 11) is 2.25. The summed E-state index contributed by atoms with van der Waals surface area (Å²) in [5, 5.41) is 2.60. The molecule has 0 N–H and O–H groups in total. The van der Waals surface area contributed by atoms with Crippen LogP contribution in [0.2, 0.25) is 0 Å². The Hall–Kier alpha value is -1.61. The number of nitrogens with zero attached hydrogens (tertiary/aromatic N) is 3. The molecule has 3 nitrogen and oxygen atoms in total. The number of pyridine rings is 1. The first-order valence-electron chi connectivity index (χ1n) is 7.63. The quantitative estimate of drug-likeness (QED) is 0.792. The van der Waals surface area contributed by atoms with Crippen LogP contribution < -0.4 is 4.90 Å². The van der Waals surface area contributed by atoms with Crippen molar-refractivity contribution in [2.24, 2.45) is 0 Å². The van der Waals surface area contributed by atoms with Gasteiger partial charge in [-0.3, -0.25) is 0 Å². The summed E-state index contributed by atoms with van der Waals surface area (Å²) >= 11 is 0. The maximum Gasteiger partial charge on any atom is 0.136 e. The molecule has 20 heavy (non-hydrogen) atoms. The molecule has 2 atom stereocenters. The summed E-state index contributed by atoms with van der Waals surface area (Å²) in [5.41, 5.74) is 0. The largest absolute Gasteiger partial charge is 0.349 e. The third-order valence-corrected chi connectivity index (χ3v) is 4.88. The lowest BCUT2D eigenvalue weighted by molar-refractivity contribution is 0.315. The number of likely N-dealkylation sites (tertiary alicyclic amines) is 1. The van der Waals surface area contributed by atoms with Crippen molar-refractivity contribution in [3.63, 3.8) is 0 Å². The molecule has 0 radical (unpaired) electrons. The molecule has 1 aromatic carbocycles. The van der Waals surface area contributed by atoms with Crippen LogP contribution >= 0.6 is 0 Å². The fraction of sp³-hybridized carbons (Fsp3) is 0.471. The number of rotatable bonds is 1. The van der Waals surface area contributed by atoms with E-state index in [0.717, 1.165) is 0 Å². The lowest BCUT2D eigenvalue weighted by Crippen LogP contribution is -2.39. The minimum absolute atomic E-state index is 0.630. The minimum Gasteiger partial charge on any atom is -0.349 e. The highest BCUT2D eigenvalue weighted by atomic mass is 15.3. The molecule has 3 heterocycles. The van der Waals surface area contributed by atoms with Gasteiger partial charge in [-0.1, -0.05) is 24.3 Å². The van der Waals surface area contributed by atoms with Crippen molar-refractivity contribution in [1.29, 1.82) is 0 Å². The average Bonchev–Trinajstić information content (AvgIpc) is 2.78.